The average molecular weight is 218 g/mol. The van der Waals surface area contributed by atoms with Gasteiger partial charge in [0.15, 0.2) is 0 Å². The standard InChI is InChI=1S/C9H15N3O.ClH/c1-6-4-11-5-8(6)9(13)12-7(2)3-10;/h4-5,7,11H,3,10H2,1-2H3,(H,12,13);1H/t7-;/m0./s1. The van der Waals surface area contributed by atoms with Crippen LogP contribution in [0.15, 0.2) is 12.4 Å². The quantitative estimate of drug-likeness (QED) is 0.702. The van der Waals surface area contributed by atoms with Crippen molar-refractivity contribution in [3.05, 3.63) is 23.5 Å². The minimum Gasteiger partial charge on any atom is -0.367 e. The van der Waals surface area contributed by atoms with Gasteiger partial charge >= 0.3 is 0 Å². The third-order valence-electron chi connectivity index (χ3n) is 1.93. The van der Waals surface area contributed by atoms with E-state index >= 15 is 0 Å². The fourth-order valence-electron chi connectivity index (χ4n) is 1.05. The number of H-pyrrole nitrogens is 1. The molecule has 0 spiro atoms. The van der Waals surface area contributed by atoms with E-state index in [2.05, 4.69) is 10.3 Å². The van der Waals surface area contributed by atoms with Crippen LogP contribution in [-0.4, -0.2) is 23.5 Å². The van der Waals surface area contributed by atoms with Crippen LogP contribution in [0.4, 0.5) is 0 Å². The van der Waals surface area contributed by atoms with E-state index in [-0.39, 0.29) is 24.4 Å². The van der Waals surface area contributed by atoms with Gasteiger partial charge in [0, 0.05) is 25.0 Å². The number of hydrogen-bond donors (Lipinski definition) is 3. The second-order valence-electron chi connectivity index (χ2n) is 3.16. The van der Waals surface area contributed by atoms with Crippen molar-refractivity contribution in [3.63, 3.8) is 0 Å². The highest BCUT2D eigenvalue weighted by Gasteiger charge is 2.10. The number of carbonyl (C=O) groups excluding carboxylic acids is 1. The van der Waals surface area contributed by atoms with Gasteiger partial charge < -0.3 is 16.0 Å². The molecule has 0 aliphatic carbocycles. The van der Waals surface area contributed by atoms with E-state index in [0.29, 0.717) is 12.1 Å². The Balaban J connectivity index is 0.00000169. The maximum Gasteiger partial charge on any atom is 0.253 e. The van der Waals surface area contributed by atoms with Crippen LogP contribution < -0.4 is 11.1 Å². The Labute approximate surface area is 89.7 Å². The molecule has 0 bridgehead atoms. The van der Waals surface area contributed by atoms with Crippen LogP contribution in [0, 0.1) is 6.92 Å². The molecule has 0 saturated heterocycles. The number of aromatic nitrogens is 1. The average Bonchev–Trinajstić information content (AvgIpc) is 2.51. The number of nitrogens with two attached hydrogens (primary N) is 1. The SMILES string of the molecule is Cc1c[nH]cc1C(=O)N[C@@H](C)CN.Cl. The van der Waals surface area contributed by atoms with Crippen LogP contribution in [0.25, 0.3) is 0 Å². The molecule has 14 heavy (non-hydrogen) atoms. The Morgan fingerprint density at radius 2 is 2.29 bits per heavy atom. The maximum atomic E-state index is 11.5. The highest BCUT2D eigenvalue weighted by atomic mass is 35.5. The third kappa shape index (κ3) is 3.05. The third-order valence-corrected chi connectivity index (χ3v) is 1.93. The second kappa shape index (κ2) is 5.67. The summed E-state index contributed by atoms with van der Waals surface area (Å²) < 4.78 is 0. The monoisotopic (exact) mass is 217 g/mol. The van der Waals surface area contributed by atoms with Gasteiger partial charge in [-0.1, -0.05) is 0 Å². The minimum atomic E-state index is -0.0725. The van der Waals surface area contributed by atoms with E-state index in [1.807, 2.05) is 13.8 Å². The molecule has 5 heteroatoms. The molecule has 1 amide bonds. The van der Waals surface area contributed by atoms with Crippen molar-refractivity contribution in [2.24, 2.45) is 5.73 Å². The summed E-state index contributed by atoms with van der Waals surface area (Å²) in [5, 5.41) is 2.79. The minimum absolute atomic E-state index is 0. The first-order valence-corrected chi connectivity index (χ1v) is 4.29. The molecule has 0 aliphatic heterocycles. The van der Waals surface area contributed by atoms with E-state index in [9.17, 15) is 4.79 Å². The van der Waals surface area contributed by atoms with Crippen LogP contribution in [0.3, 0.4) is 0 Å². The van der Waals surface area contributed by atoms with Gasteiger partial charge in [0.05, 0.1) is 5.56 Å². The first-order chi connectivity index (χ1) is 6.15. The molecule has 0 unspecified atom stereocenters. The summed E-state index contributed by atoms with van der Waals surface area (Å²) in [6, 6.07) is 0.0156. The highest BCUT2D eigenvalue weighted by molar-refractivity contribution is 5.95. The fourth-order valence-corrected chi connectivity index (χ4v) is 1.05. The van der Waals surface area contributed by atoms with Crippen LogP contribution in [0.2, 0.25) is 0 Å². The van der Waals surface area contributed by atoms with Crippen LogP contribution >= 0.6 is 12.4 Å². The van der Waals surface area contributed by atoms with Crippen molar-refractivity contribution in [2.45, 2.75) is 19.9 Å². The highest BCUT2D eigenvalue weighted by Crippen LogP contribution is 2.05. The molecule has 0 aliphatic rings. The van der Waals surface area contributed by atoms with E-state index in [4.69, 9.17) is 5.73 Å². The summed E-state index contributed by atoms with van der Waals surface area (Å²) in [5.74, 6) is -0.0725. The first kappa shape index (κ1) is 13.0. The van der Waals surface area contributed by atoms with Crippen molar-refractivity contribution in [3.8, 4) is 0 Å². The van der Waals surface area contributed by atoms with Gasteiger partial charge in [-0.15, -0.1) is 12.4 Å². The second-order valence-corrected chi connectivity index (χ2v) is 3.16. The molecule has 0 aromatic carbocycles. The van der Waals surface area contributed by atoms with E-state index in [1.165, 1.54) is 0 Å². The van der Waals surface area contributed by atoms with Crippen LogP contribution in [0.5, 0.6) is 0 Å². The number of aromatic amines is 1. The lowest BCUT2D eigenvalue weighted by Gasteiger charge is -2.10. The zero-order chi connectivity index (χ0) is 9.84. The van der Waals surface area contributed by atoms with Gasteiger partial charge in [-0.3, -0.25) is 4.79 Å². The molecular formula is C9H16ClN3O. The molecule has 0 fully saturated rings. The lowest BCUT2D eigenvalue weighted by Crippen LogP contribution is -2.37. The predicted molar refractivity (Wildman–Crippen MR) is 58.8 cm³/mol. The normalized spacial score (nSPS) is 11.6. The fraction of sp³-hybridized carbons (Fsp3) is 0.444. The van der Waals surface area contributed by atoms with E-state index in [0.717, 1.165) is 5.56 Å². The lowest BCUT2D eigenvalue weighted by molar-refractivity contribution is 0.0941. The van der Waals surface area contributed by atoms with Crippen LogP contribution in [-0.2, 0) is 0 Å². The number of hydrogen-bond acceptors (Lipinski definition) is 2. The Hall–Kier alpha value is -1.00. The molecular weight excluding hydrogens is 202 g/mol. The van der Waals surface area contributed by atoms with Gasteiger partial charge in [-0.25, -0.2) is 0 Å². The maximum absolute atomic E-state index is 11.5. The van der Waals surface area contributed by atoms with E-state index in [1.54, 1.807) is 12.4 Å². The molecule has 4 N–H and O–H groups in total. The van der Waals surface area contributed by atoms with Gasteiger partial charge in [0.25, 0.3) is 5.91 Å². The van der Waals surface area contributed by atoms with E-state index < -0.39 is 0 Å². The molecule has 1 atom stereocenters. The Morgan fingerprint density at radius 1 is 1.64 bits per heavy atom. The van der Waals surface area contributed by atoms with Crippen molar-refractivity contribution >= 4 is 18.3 Å². The summed E-state index contributed by atoms with van der Waals surface area (Å²) in [7, 11) is 0. The number of halogens is 1. The molecule has 1 aromatic heterocycles. The Morgan fingerprint density at radius 3 is 2.71 bits per heavy atom. The van der Waals surface area contributed by atoms with Crippen LogP contribution in [0.1, 0.15) is 22.8 Å². The zero-order valence-corrected chi connectivity index (χ0v) is 9.15. The smallest absolute Gasteiger partial charge is 0.253 e. The van der Waals surface area contributed by atoms with Crippen molar-refractivity contribution in [2.75, 3.05) is 6.54 Å². The molecule has 1 heterocycles. The summed E-state index contributed by atoms with van der Waals surface area (Å²) >= 11 is 0. The van der Waals surface area contributed by atoms with Gasteiger partial charge in [-0.2, -0.15) is 0 Å². The molecule has 4 nitrogen and oxygen atoms in total. The molecule has 1 aromatic rings. The summed E-state index contributed by atoms with van der Waals surface area (Å²) in [4.78, 5) is 14.4. The molecule has 0 saturated carbocycles. The van der Waals surface area contributed by atoms with Gasteiger partial charge in [0.1, 0.15) is 0 Å². The van der Waals surface area contributed by atoms with Gasteiger partial charge in [-0.05, 0) is 19.4 Å². The number of nitrogens with one attached hydrogen (secondary N) is 2. The predicted octanol–water partition coefficient (Wildman–Crippen LogP) is 0.822. The number of amides is 1. The van der Waals surface area contributed by atoms with Crippen molar-refractivity contribution < 1.29 is 4.79 Å². The summed E-state index contributed by atoms with van der Waals surface area (Å²) in [6.45, 7) is 4.22. The Bertz CT molecular complexity index is 298. The molecule has 80 valence electrons. The summed E-state index contributed by atoms with van der Waals surface area (Å²) in [6.07, 6.45) is 3.48. The van der Waals surface area contributed by atoms with Crippen molar-refractivity contribution in [1.82, 2.24) is 10.3 Å². The first-order valence-electron chi connectivity index (χ1n) is 4.29. The molecule has 1 rings (SSSR count). The molecule has 0 radical (unpaired) electrons. The topological polar surface area (TPSA) is 70.9 Å². The number of aryl methyl sites for hydroxylation is 1. The number of rotatable bonds is 3. The number of carbonyl (C=O) groups is 1. The summed E-state index contributed by atoms with van der Waals surface area (Å²) in [5.41, 5.74) is 7.02. The largest absolute Gasteiger partial charge is 0.367 e. The zero-order valence-electron chi connectivity index (χ0n) is 8.33. The lowest BCUT2D eigenvalue weighted by atomic mass is 10.2. The van der Waals surface area contributed by atoms with Gasteiger partial charge in [0.2, 0.25) is 0 Å². The van der Waals surface area contributed by atoms with Crippen molar-refractivity contribution in [1.29, 1.82) is 0 Å². The Kier molecular flexibility index (Phi) is 5.27.